The molecule has 3 radical (unpaired) electrons. The fraction of sp³-hybridized carbons (Fsp3) is 0.0833. The number of anilines is 1. The second kappa shape index (κ2) is 18.3. The number of phenolic OH excluding ortho intramolecular Hbond substituents is 1. The second-order valence-corrected chi connectivity index (χ2v) is 15.6. The van der Waals surface area contributed by atoms with Crippen molar-refractivity contribution in [2.24, 2.45) is 20.5 Å². The molecular weight excluding hydrogens is 799 g/mol. The molecule has 6 N–H and O–H groups in total. The zero-order valence-corrected chi connectivity index (χ0v) is 36.0. The molecule has 0 saturated heterocycles. The van der Waals surface area contributed by atoms with Crippen molar-refractivity contribution in [2.75, 3.05) is 18.1 Å². The maximum absolute atomic E-state index is 12.4. The number of halogens is 1. The van der Waals surface area contributed by atoms with Crippen LogP contribution in [-0.2, 0) is 44.7 Å². The van der Waals surface area contributed by atoms with Gasteiger partial charge in [-0.25, -0.2) is 12.6 Å². The van der Waals surface area contributed by atoms with Gasteiger partial charge in [0.2, 0.25) is 0 Å². The molecule has 0 spiro atoms. The van der Waals surface area contributed by atoms with Crippen LogP contribution in [0.4, 0.5) is 28.4 Å². The second-order valence-electron chi connectivity index (χ2n) is 9.17. The van der Waals surface area contributed by atoms with Crippen LogP contribution in [-0.4, -0.2) is 153 Å². The molecule has 18 nitrogen and oxygen atoms in total. The van der Waals surface area contributed by atoms with E-state index in [1.165, 1.54) is 12.1 Å². The Morgan fingerprint density at radius 2 is 1.24 bits per heavy atom. The Morgan fingerprint density at radius 3 is 1.76 bits per heavy atom. The van der Waals surface area contributed by atoms with E-state index in [0.29, 0.717) is 6.07 Å². The van der Waals surface area contributed by atoms with Gasteiger partial charge in [-0.2, -0.15) is 30.4 Å². The Labute approximate surface area is 356 Å². The summed E-state index contributed by atoms with van der Waals surface area (Å²) in [7, 11) is -19.2. The molecule has 4 aromatic rings. The van der Waals surface area contributed by atoms with Gasteiger partial charge in [-0.05, 0) is 53.9 Å². The number of hydrogen-bond donors (Lipinski definition) is 5. The Balaban J connectivity index is 0.00000417. The van der Waals surface area contributed by atoms with Crippen LogP contribution in [0.1, 0.15) is 0 Å². The van der Waals surface area contributed by atoms with E-state index in [-0.39, 0.29) is 110 Å². The number of rotatable bonds is 11. The number of benzene rings is 4. The molecule has 0 aliphatic carbocycles. The van der Waals surface area contributed by atoms with Gasteiger partial charge in [-0.15, -0.1) is 15.3 Å². The third-order valence-electron chi connectivity index (χ3n) is 6.03. The number of phenols is 1. The molecule has 0 aromatic heterocycles. The number of sulfone groups is 1. The average molecular weight is 819 g/mol. The number of hydrogen-bond acceptors (Lipinski definition) is 15. The number of aromatic hydroxyl groups is 1. The zero-order valence-electron chi connectivity index (χ0n) is 26.0. The predicted octanol–water partition coefficient (Wildman–Crippen LogP) is 3.56. The van der Waals surface area contributed by atoms with Gasteiger partial charge in [0.15, 0.2) is 15.6 Å². The van der Waals surface area contributed by atoms with E-state index < -0.39 is 96.2 Å². The van der Waals surface area contributed by atoms with E-state index in [4.69, 9.17) is 21.9 Å². The molecular formula is C24H20ClN5Na3O13S4. The van der Waals surface area contributed by atoms with Crippen molar-refractivity contribution in [3.8, 4) is 5.75 Å². The van der Waals surface area contributed by atoms with Gasteiger partial charge >= 0.3 is 10.4 Å². The molecule has 50 heavy (non-hydrogen) atoms. The molecule has 0 unspecified atom stereocenters. The predicted molar refractivity (Wildman–Crippen MR) is 183 cm³/mol. The van der Waals surface area contributed by atoms with E-state index in [1.807, 2.05) is 0 Å². The molecule has 0 bridgehead atoms. The molecule has 253 valence electrons. The van der Waals surface area contributed by atoms with Crippen molar-refractivity contribution in [3.63, 3.8) is 0 Å². The smallest absolute Gasteiger partial charge is 0.397 e. The Morgan fingerprint density at radius 1 is 0.720 bits per heavy atom. The first-order valence-electron chi connectivity index (χ1n) is 12.3. The van der Waals surface area contributed by atoms with Crippen molar-refractivity contribution >= 4 is 180 Å². The number of nitrogen functional groups attached to an aromatic ring is 1. The maximum atomic E-state index is 12.4. The van der Waals surface area contributed by atoms with Gasteiger partial charge in [0, 0.05) is 88.7 Å². The van der Waals surface area contributed by atoms with E-state index in [9.17, 15) is 47.9 Å². The summed E-state index contributed by atoms with van der Waals surface area (Å²) in [5.74, 6) is -1.85. The van der Waals surface area contributed by atoms with Gasteiger partial charge in [0.25, 0.3) is 20.2 Å². The van der Waals surface area contributed by atoms with Crippen LogP contribution >= 0.6 is 11.6 Å². The van der Waals surface area contributed by atoms with Gasteiger partial charge in [0.05, 0.1) is 39.0 Å². The number of nitrogens with two attached hydrogens (primary N) is 1. The normalized spacial score (nSPS) is 12.4. The summed E-state index contributed by atoms with van der Waals surface area (Å²) in [5, 5.41) is 25.5. The van der Waals surface area contributed by atoms with Crippen LogP contribution in [0.5, 0.6) is 5.75 Å². The summed E-state index contributed by atoms with van der Waals surface area (Å²) >= 11 is 6.05. The van der Waals surface area contributed by atoms with Crippen LogP contribution in [0.2, 0.25) is 5.02 Å². The van der Waals surface area contributed by atoms with Crippen LogP contribution in [0.3, 0.4) is 0 Å². The van der Waals surface area contributed by atoms with E-state index in [0.717, 1.165) is 30.3 Å². The fourth-order valence-electron chi connectivity index (χ4n) is 3.94. The minimum atomic E-state index is -5.19. The standard InChI is InChI=1S/C24H20ClN5O13S4.3Na/c25-16-3-1-2-4-17(16)28-29-22-18(45(34,35)36)11-13-12-19(46(37,38)39)23(24(31)20(13)21(22)26)30-27-14-5-7-15(8-6-14)44(32,33)10-9-43-47(40,41)42;;;/h1-8,11-12,31H,9-10,26H2,(H,34,35,36)(H,37,38,39)(H,40,41,42);;;. The quantitative estimate of drug-likeness (QED) is 0.0626. The summed E-state index contributed by atoms with van der Waals surface area (Å²) in [6, 6.07) is 11.7. The van der Waals surface area contributed by atoms with Crippen LogP contribution in [0, 0.1) is 0 Å². The molecule has 26 heteroatoms. The first-order chi connectivity index (χ1) is 21.7. The van der Waals surface area contributed by atoms with Gasteiger partial charge in [-0.3, -0.25) is 13.7 Å². The molecule has 0 fully saturated rings. The van der Waals surface area contributed by atoms with Gasteiger partial charge in [-0.1, -0.05) is 23.7 Å². The van der Waals surface area contributed by atoms with Crippen LogP contribution in [0.25, 0.3) is 10.8 Å². The molecule has 4 rings (SSSR count). The largest absolute Gasteiger partial charge is 0.505 e. The maximum Gasteiger partial charge on any atom is 0.397 e. The zero-order chi connectivity index (χ0) is 34.9. The van der Waals surface area contributed by atoms with Crippen LogP contribution in [0.15, 0.2) is 95.8 Å². The van der Waals surface area contributed by atoms with Crippen molar-refractivity contribution in [1.82, 2.24) is 0 Å². The van der Waals surface area contributed by atoms with E-state index in [2.05, 4.69) is 24.6 Å². The summed E-state index contributed by atoms with van der Waals surface area (Å²) in [6.07, 6.45) is 0. The van der Waals surface area contributed by atoms with Crippen molar-refractivity contribution in [1.29, 1.82) is 0 Å². The molecule has 0 aliphatic heterocycles. The van der Waals surface area contributed by atoms with Gasteiger partial charge < -0.3 is 10.8 Å². The average Bonchev–Trinajstić information content (AvgIpc) is 2.95. The molecule has 0 saturated carbocycles. The van der Waals surface area contributed by atoms with Crippen molar-refractivity contribution < 1.29 is 56.6 Å². The number of nitrogens with zero attached hydrogens (tertiary/aromatic N) is 4. The summed E-state index contributed by atoms with van der Waals surface area (Å²) in [4.78, 5) is -2.31. The summed E-state index contributed by atoms with van der Waals surface area (Å²) < 4.78 is 127. The van der Waals surface area contributed by atoms with Gasteiger partial charge in [0.1, 0.15) is 26.9 Å². The third-order valence-corrected chi connectivity index (χ3v) is 10.2. The fourth-order valence-corrected chi connectivity index (χ4v) is 6.93. The third kappa shape index (κ3) is 11.7. The molecule has 0 amide bonds. The number of fused-ring (bicyclic) bond motifs is 1. The monoisotopic (exact) mass is 818 g/mol. The number of azo groups is 2. The van der Waals surface area contributed by atoms with Crippen LogP contribution < -0.4 is 5.73 Å². The SMILES string of the molecule is Nc1c(N=Nc2ccccc2Cl)c(S(=O)(=O)O)cc2cc(S(=O)(=O)O)c(N=Nc3ccc(S(=O)(=O)CCOS(=O)(=O)O)cc3)c(O)c12.[Na].[Na].[Na]. The summed E-state index contributed by atoms with van der Waals surface area (Å²) in [5.41, 5.74) is 3.95. The summed E-state index contributed by atoms with van der Waals surface area (Å²) in [6.45, 7) is -0.875. The minimum absolute atomic E-state index is 0. The molecule has 0 atom stereocenters. The van der Waals surface area contributed by atoms with Crippen molar-refractivity contribution in [3.05, 3.63) is 65.7 Å². The Kier molecular flexibility index (Phi) is 17.1. The van der Waals surface area contributed by atoms with E-state index in [1.54, 1.807) is 12.1 Å². The van der Waals surface area contributed by atoms with Crippen molar-refractivity contribution in [2.45, 2.75) is 14.7 Å². The minimum Gasteiger partial charge on any atom is -0.505 e. The molecule has 0 heterocycles. The topological polar surface area (TPSA) is 302 Å². The Bertz CT molecular complexity index is 2420. The molecule has 0 aliphatic rings. The first-order valence-corrected chi connectivity index (χ1v) is 18.6. The Hall–Kier alpha value is -1.13. The van der Waals surface area contributed by atoms with E-state index >= 15 is 0 Å². The first kappa shape index (κ1) is 46.9. The molecule has 4 aromatic carbocycles.